The van der Waals surface area contributed by atoms with Crippen molar-refractivity contribution < 1.29 is 52.9 Å². The number of rotatable bonds is 29. The van der Waals surface area contributed by atoms with Gasteiger partial charge in [-0.1, -0.05) is 107 Å². The van der Waals surface area contributed by atoms with Crippen LogP contribution in [0.15, 0.2) is 96.2 Å². The van der Waals surface area contributed by atoms with Crippen molar-refractivity contribution in [2.24, 2.45) is 22.9 Å². The van der Waals surface area contributed by atoms with Crippen LogP contribution in [0.4, 0.5) is 19.7 Å². The van der Waals surface area contributed by atoms with Gasteiger partial charge in [0.05, 0.1) is 23.2 Å². The number of hydrogen-bond acceptors (Lipinski definition) is 12. The van der Waals surface area contributed by atoms with E-state index in [1.54, 1.807) is 30.3 Å². The monoisotopic (exact) mass is 985 g/mol. The third-order valence-corrected chi connectivity index (χ3v) is 14.0. The van der Waals surface area contributed by atoms with Crippen LogP contribution in [-0.2, 0) is 16.1 Å². The number of nitrogens with zero attached hydrogens (tertiary/aromatic N) is 3. The second-order valence-electron chi connectivity index (χ2n) is 18.8. The lowest BCUT2D eigenvalue weighted by atomic mass is 9.55. The van der Waals surface area contributed by atoms with Crippen molar-refractivity contribution in [1.82, 2.24) is 10.2 Å². The zero-order valence-corrected chi connectivity index (χ0v) is 41.4. The van der Waals surface area contributed by atoms with Crippen LogP contribution in [0.2, 0.25) is 0 Å². The molecule has 1 fully saturated rings. The quantitative estimate of drug-likeness (QED) is 0.0259. The first-order chi connectivity index (χ1) is 34.6. The number of nitro benzene ring substituents is 1. The van der Waals surface area contributed by atoms with E-state index in [0.29, 0.717) is 55.0 Å². The number of ether oxygens (including phenoxy) is 4. The number of aliphatic hydroxyl groups is 2. The molecule has 0 spiro atoms. The maximum atomic E-state index is 14.9. The van der Waals surface area contributed by atoms with Gasteiger partial charge in [0.15, 0.2) is 0 Å². The van der Waals surface area contributed by atoms with Gasteiger partial charge < -0.3 is 39.3 Å². The van der Waals surface area contributed by atoms with Gasteiger partial charge in [0.1, 0.15) is 36.2 Å². The van der Waals surface area contributed by atoms with Crippen molar-refractivity contribution >= 4 is 23.6 Å². The average molecular weight is 985 g/mol. The van der Waals surface area contributed by atoms with E-state index in [4.69, 9.17) is 23.8 Å². The number of benzene rings is 3. The average Bonchev–Trinajstić information content (AvgIpc) is 3.36. The molecule has 1 saturated carbocycles. The number of oxime groups is 1. The molecule has 6 unspecified atom stereocenters. The van der Waals surface area contributed by atoms with Gasteiger partial charge in [0.25, 0.3) is 5.69 Å². The van der Waals surface area contributed by atoms with Crippen LogP contribution in [0.1, 0.15) is 133 Å². The molecule has 6 atom stereocenters. The van der Waals surface area contributed by atoms with Crippen molar-refractivity contribution in [1.29, 1.82) is 0 Å². The predicted molar refractivity (Wildman–Crippen MR) is 269 cm³/mol. The highest BCUT2D eigenvalue weighted by Crippen LogP contribution is 2.62. The summed E-state index contributed by atoms with van der Waals surface area (Å²) >= 11 is 0. The van der Waals surface area contributed by atoms with Crippen molar-refractivity contribution in [3.05, 3.63) is 118 Å². The van der Waals surface area contributed by atoms with E-state index in [1.807, 2.05) is 6.07 Å². The summed E-state index contributed by atoms with van der Waals surface area (Å²) < 4.78 is 40.6. The van der Waals surface area contributed by atoms with Gasteiger partial charge in [0.2, 0.25) is 5.79 Å². The Kier molecular flexibility index (Phi) is 21.2. The van der Waals surface area contributed by atoms with Gasteiger partial charge in [-0.15, -0.1) is 6.58 Å². The van der Waals surface area contributed by atoms with Crippen molar-refractivity contribution in [2.45, 2.75) is 140 Å². The molecule has 0 radical (unpaired) electrons. The SMILES string of the molecule is C=CCOC12Oc3ccc(OC(=O)NCCCCCCCCCCCC)cc3C3C(CCCCO)C(CCCCO)C=C(C(=NOC)CC1N(Cc1ccc(F)cc1)C(=O)Oc1ccc([N+](=O)[O-])cc1)C32. The van der Waals surface area contributed by atoms with Gasteiger partial charge in [-0.2, -0.15) is 0 Å². The van der Waals surface area contributed by atoms with Crippen LogP contribution in [0, 0.1) is 33.7 Å². The molecule has 15 nitrogen and oxygen atoms in total. The summed E-state index contributed by atoms with van der Waals surface area (Å²) in [6, 6.07) is 15.2. The van der Waals surface area contributed by atoms with Gasteiger partial charge in [0, 0.05) is 56.3 Å². The number of hydrogen-bond donors (Lipinski definition) is 3. The third kappa shape index (κ3) is 14.4. The van der Waals surface area contributed by atoms with Gasteiger partial charge in [-0.25, -0.2) is 14.0 Å². The Hall–Kier alpha value is -5.84. The summed E-state index contributed by atoms with van der Waals surface area (Å²) in [6.45, 7) is 6.64. The fourth-order valence-electron chi connectivity index (χ4n) is 10.7. The van der Waals surface area contributed by atoms with E-state index in [0.717, 1.165) is 43.2 Å². The molecule has 3 aromatic rings. The summed E-state index contributed by atoms with van der Waals surface area (Å²) in [4.78, 5) is 46.2. The third-order valence-electron chi connectivity index (χ3n) is 14.0. The van der Waals surface area contributed by atoms with E-state index in [2.05, 4.69) is 30.1 Å². The Morgan fingerprint density at radius 1 is 0.901 bits per heavy atom. The summed E-state index contributed by atoms with van der Waals surface area (Å²) in [7, 11) is 1.45. The van der Waals surface area contributed by atoms with Gasteiger partial charge in [-0.05, 0) is 97.5 Å². The number of aliphatic hydroxyl groups excluding tert-OH is 2. The summed E-state index contributed by atoms with van der Waals surface area (Å²) in [6.07, 6.45) is 18.3. The number of halogens is 1. The first-order valence-corrected chi connectivity index (χ1v) is 25.6. The van der Waals surface area contributed by atoms with E-state index in [1.165, 1.54) is 93.4 Å². The van der Waals surface area contributed by atoms with E-state index >= 15 is 0 Å². The molecule has 71 heavy (non-hydrogen) atoms. The number of unbranched alkanes of at least 4 members (excludes halogenated alkanes) is 11. The van der Waals surface area contributed by atoms with Crippen molar-refractivity contribution in [3.8, 4) is 17.2 Å². The Morgan fingerprint density at radius 3 is 2.21 bits per heavy atom. The molecule has 1 heterocycles. The Morgan fingerprint density at radius 2 is 1.56 bits per heavy atom. The Balaban J connectivity index is 1.41. The fraction of sp³-hybridized carbons (Fsp3) is 0.545. The van der Waals surface area contributed by atoms with Gasteiger partial charge >= 0.3 is 12.2 Å². The molecule has 6 rings (SSSR count). The minimum atomic E-state index is -1.67. The molecule has 3 aromatic carbocycles. The molecule has 3 N–H and O–H groups in total. The first-order valence-electron chi connectivity index (χ1n) is 25.6. The minimum Gasteiger partial charge on any atom is -0.459 e. The fourth-order valence-corrected chi connectivity index (χ4v) is 10.7. The number of fused-ring (bicyclic) bond motifs is 2. The number of allylic oxidation sites excluding steroid dienone is 1. The minimum absolute atomic E-state index is 0.00357. The summed E-state index contributed by atoms with van der Waals surface area (Å²) in [5, 5.41) is 38.9. The van der Waals surface area contributed by atoms with Gasteiger partial charge in [-0.3, -0.25) is 15.0 Å². The van der Waals surface area contributed by atoms with Crippen LogP contribution in [0.5, 0.6) is 17.2 Å². The van der Waals surface area contributed by atoms with Crippen LogP contribution in [0.25, 0.3) is 0 Å². The maximum Gasteiger partial charge on any atom is 0.416 e. The molecule has 386 valence electrons. The lowest BCUT2D eigenvalue weighted by Crippen LogP contribution is -2.70. The highest BCUT2D eigenvalue weighted by molar-refractivity contribution is 6.03. The highest BCUT2D eigenvalue weighted by atomic mass is 19.1. The predicted octanol–water partition coefficient (Wildman–Crippen LogP) is 11.7. The Labute approximate surface area is 417 Å². The molecule has 1 aliphatic heterocycles. The standard InChI is InChI=1S/C55H73FN4O11/c1-4-6-7-8-9-10-11-12-13-16-31-57-53(63)69-44-29-30-49-47(36-44)51-45(20-15-18-33-62)40(19-14-17-32-61)35-46-48(58-67-3)37-50(55(71-49,52(46)51)68-34-5-2)59(38-39-21-23-41(56)24-22-39)54(64)70-43-27-25-42(26-28-43)60(65)66/h5,21-30,35-36,40,45,50-52,61-62H,2,4,6-20,31-34,37-38H2,1,3H3,(H,57,63). The van der Waals surface area contributed by atoms with E-state index < -0.39 is 46.6 Å². The normalized spacial score (nSPS) is 21.5. The van der Waals surface area contributed by atoms with Crippen LogP contribution < -0.4 is 19.5 Å². The van der Waals surface area contributed by atoms with Crippen LogP contribution in [0.3, 0.4) is 0 Å². The molecule has 2 amide bonds. The van der Waals surface area contributed by atoms with Crippen LogP contribution in [-0.4, -0.2) is 83.2 Å². The maximum absolute atomic E-state index is 14.9. The lowest BCUT2D eigenvalue weighted by molar-refractivity contribution is -0.384. The molecule has 0 saturated heterocycles. The molecule has 0 bridgehead atoms. The number of non-ortho nitro benzene ring substituents is 1. The number of amides is 2. The molecule has 2 aliphatic carbocycles. The molecule has 16 heteroatoms. The number of carbonyl (C=O) groups is 2. The highest BCUT2D eigenvalue weighted by Gasteiger charge is 2.65. The summed E-state index contributed by atoms with van der Waals surface area (Å²) in [5.41, 5.74) is 2.46. The number of carbonyl (C=O) groups excluding carboxylic acids is 2. The smallest absolute Gasteiger partial charge is 0.416 e. The lowest BCUT2D eigenvalue weighted by Gasteiger charge is -2.59. The summed E-state index contributed by atoms with van der Waals surface area (Å²) in [5.74, 6) is -2.57. The van der Waals surface area contributed by atoms with Crippen molar-refractivity contribution in [3.63, 3.8) is 0 Å². The van der Waals surface area contributed by atoms with Crippen LogP contribution >= 0.6 is 0 Å². The molecule has 0 aromatic heterocycles. The number of nitro groups is 1. The Bertz CT molecular complexity index is 2260. The van der Waals surface area contributed by atoms with E-state index in [-0.39, 0.29) is 56.1 Å². The zero-order chi connectivity index (χ0) is 50.6. The second kappa shape index (κ2) is 27.7. The zero-order valence-electron chi connectivity index (χ0n) is 41.4. The van der Waals surface area contributed by atoms with E-state index in [9.17, 15) is 34.3 Å². The number of nitrogens with one attached hydrogen (secondary N) is 1. The first kappa shape index (κ1) is 54.5. The van der Waals surface area contributed by atoms with Crippen molar-refractivity contribution in [2.75, 3.05) is 33.5 Å². The molecular formula is C55H73FN4O11. The second-order valence-corrected chi connectivity index (χ2v) is 18.8. The molecule has 3 aliphatic rings. The largest absolute Gasteiger partial charge is 0.459 e. The molecular weight excluding hydrogens is 912 g/mol. The topological polar surface area (TPSA) is 192 Å².